The van der Waals surface area contributed by atoms with Crippen molar-refractivity contribution in [2.75, 3.05) is 31.2 Å². The molecular weight excluding hydrogens is 403 g/mol. The standard InChI is InChI=1S/C13H22N4O2S.HI/c1-3-20(18,19)17(2)11-7-10-15-13(14)16-12-8-5-4-6-9-12;/h4-6,8-9H,3,7,10-11H2,1-2H3,(H3,14,15,16);1H. The van der Waals surface area contributed by atoms with Crippen LogP contribution in [-0.4, -0.2) is 44.6 Å². The molecule has 0 fully saturated rings. The molecule has 1 rings (SSSR count). The Balaban J connectivity index is 0.00000400. The molecule has 1 aromatic rings. The van der Waals surface area contributed by atoms with Gasteiger partial charge >= 0.3 is 0 Å². The number of nitrogens with two attached hydrogens (primary N) is 1. The third-order valence-corrected chi connectivity index (χ3v) is 4.66. The number of sulfonamides is 1. The molecular formula is C13H23IN4O2S. The quantitative estimate of drug-likeness (QED) is 0.301. The molecule has 0 aliphatic carbocycles. The Hall–Kier alpha value is -0.870. The summed E-state index contributed by atoms with van der Waals surface area (Å²) in [5.41, 5.74) is 6.62. The van der Waals surface area contributed by atoms with Gasteiger partial charge in [-0.25, -0.2) is 12.7 Å². The van der Waals surface area contributed by atoms with E-state index in [0.717, 1.165) is 5.69 Å². The van der Waals surface area contributed by atoms with Gasteiger partial charge in [-0.3, -0.25) is 4.99 Å². The van der Waals surface area contributed by atoms with E-state index in [1.54, 1.807) is 14.0 Å². The predicted octanol–water partition coefficient (Wildman–Crippen LogP) is 1.70. The molecule has 0 amide bonds. The fraction of sp³-hybridized carbons (Fsp3) is 0.462. The molecule has 6 nitrogen and oxygen atoms in total. The highest BCUT2D eigenvalue weighted by Crippen LogP contribution is 2.04. The molecule has 0 saturated carbocycles. The van der Waals surface area contributed by atoms with Crippen LogP contribution >= 0.6 is 24.0 Å². The largest absolute Gasteiger partial charge is 0.370 e. The molecule has 0 aliphatic heterocycles. The normalized spacial score (nSPS) is 12.0. The molecule has 1 aromatic carbocycles. The van der Waals surface area contributed by atoms with E-state index in [2.05, 4.69) is 10.3 Å². The van der Waals surface area contributed by atoms with Crippen molar-refractivity contribution >= 4 is 45.6 Å². The number of hydrogen-bond donors (Lipinski definition) is 2. The molecule has 0 saturated heterocycles. The number of hydrogen-bond acceptors (Lipinski definition) is 3. The smallest absolute Gasteiger partial charge is 0.213 e. The maximum atomic E-state index is 11.5. The number of nitrogens with one attached hydrogen (secondary N) is 1. The molecule has 0 spiro atoms. The summed E-state index contributed by atoms with van der Waals surface area (Å²) in [6, 6.07) is 9.51. The second-order valence-electron chi connectivity index (χ2n) is 4.33. The molecule has 21 heavy (non-hydrogen) atoms. The van der Waals surface area contributed by atoms with E-state index in [0.29, 0.717) is 25.5 Å². The van der Waals surface area contributed by atoms with Gasteiger partial charge in [-0.15, -0.1) is 24.0 Å². The first kappa shape index (κ1) is 20.1. The van der Waals surface area contributed by atoms with Crippen molar-refractivity contribution in [3.05, 3.63) is 30.3 Å². The fourth-order valence-corrected chi connectivity index (χ4v) is 2.41. The number of para-hydroxylation sites is 1. The molecule has 3 N–H and O–H groups in total. The van der Waals surface area contributed by atoms with Gasteiger partial charge in [0.05, 0.1) is 5.75 Å². The number of aliphatic imine (C=N–C) groups is 1. The van der Waals surface area contributed by atoms with E-state index >= 15 is 0 Å². The maximum Gasteiger partial charge on any atom is 0.213 e. The molecule has 0 bridgehead atoms. The van der Waals surface area contributed by atoms with E-state index in [9.17, 15) is 8.42 Å². The summed E-state index contributed by atoms with van der Waals surface area (Å²) in [5.74, 6) is 0.446. The molecule has 0 aliphatic rings. The van der Waals surface area contributed by atoms with Crippen molar-refractivity contribution in [1.29, 1.82) is 0 Å². The van der Waals surface area contributed by atoms with E-state index in [1.165, 1.54) is 4.31 Å². The van der Waals surface area contributed by atoms with E-state index in [-0.39, 0.29) is 29.7 Å². The average Bonchev–Trinajstić information content (AvgIpc) is 2.44. The first-order valence-corrected chi connectivity index (χ1v) is 8.12. The van der Waals surface area contributed by atoms with Gasteiger partial charge in [0.25, 0.3) is 0 Å². The van der Waals surface area contributed by atoms with Crippen molar-refractivity contribution in [3.8, 4) is 0 Å². The molecule has 120 valence electrons. The second kappa shape index (κ2) is 9.96. The monoisotopic (exact) mass is 426 g/mol. The minimum Gasteiger partial charge on any atom is -0.370 e. The van der Waals surface area contributed by atoms with Crippen LogP contribution in [0.3, 0.4) is 0 Å². The third-order valence-electron chi connectivity index (χ3n) is 2.80. The summed E-state index contributed by atoms with van der Waals surface area (Å²) >= 11 is 0. The van der Waals surface area contributed by atoms with Crippen molar-refractivity contribution in [2.45, 2.75) is 13.3 Å². The van der Waals surface area contributed by atoms with Gasteiger partial charge in [0.2, 0.25) is 10.0 Å². The molecule has 0 aromatic heterocycles. The van der Waals surface area contributed by atoms with Gasteiger partial charge in [-0.1, -0.05) is 18.2 Å². The van der Waals surface area contributed by atoms with Crippen molar-refractivity contribution in [3.63, 3.8) is 0 Å². The highest BCUT2D eigenvalue weighted by Gasteiger charge is 2.13. The zero-order valence-electron chi connectivity index (χ0n) is 12.3. The number of halogens is 1. The Kier molecular flexibility index (Phi) is 9.54. The van der Waals surface area contributed by atoms with Gasteiger partial charge in [-0.05, 0) is 25.5 Å². The molecule has 0 radical (unpaired) electrons. The summed E-state index contributed by atoms with van der Waals surface area (Å²) < 4.78 is 24.4. The van der Waals surface area contributed by atoms with Gasteiger partial charge in [0.1, 0.15) is 0 Å². The lowest BCUT2D eigenvalue weighted by atomic mass is 10.3. The number of anilines is 1. The highest BCUT2D eigenvalue weighted by atomic mass is 127. The topological polar surface area (TPSA) is 87.8 Å². The Morgan fingerprint density at radius 3 is 2.52 bits per heavy atom. The first-order chi connectivity index (χ1) is 9.45. The fourth-order valence-electron chi connectivity index (χ4n) is 1.56. The van der Waals surface area contributed by atoms with Crippen LogP contribution in [0.1, 0.15) is 13.3 Å². The zero-order valence-corrected chi connectivity index (χ0v) is 15.5. The van der Waals surface area contributed by atoms with Crippen LogP contribution in [0.25, 0.3) is 0 Å². The minimum atomic E-state index is -3.11. The Labute approximate surface area is 143 Å². The minimum absolute atomic E-state index is 0. The summed E-state index contributed by atoms with van der Waals surface area (Å²) in [4.78, 5) is 4.16. The van der Waals surface area contributed by atoms with Crippen LogP contribution < -0.4 is 11.1 Å². The maximum absolute atomic E-state index is 11.5. The van der Waals surface area contributed by atoms with E-state index in [1.807, 2.05) is 30.3 Å². The summed E-state index contributed by atoms with van der Waals surface area (Å²) in [7, 11) is -1.53. The van der Waals surface area contributed by atoms with Gasteiger partial charge < -0.3 is 11.1 Å². The summed E-state index contributed by atoms with van der Waals surface area (Å²) in [5, 5.41) is 2.97. The van der Waals surface area contributed by atoms with Crippen LogP contribution in [0.5, 0.6) is 0 Å². The lowest BCUT2D eigenvalue weighted by Crippen LogP contribution is -2.30. The van der Waals surface area contributed by atoms with Crippen LogP contribution in [0.4, 0.5) is 5.69 Å². The Bertz CT molecular complexity index is 534. The van der Waals surface area contributed by atoms with Gasteiger partial charge in [0.15, 0.2) is 5.96 Å². The molecule has 0 atom stereocenters. The molecule has 0 unspecified atom stereocenters. The van der Waals surface area contributed by atoms with E-state index in [4.69, 9.17) is 5.73 Å². The number of rotatable bonds is 7. The Morgan fingerprint density at radius 1 is 1.33 bits per heavy atom. The van der Waals surface area contributed by atoms with Crippen molar-refractivity contribution in [2.24, 2.45) is 10.7 Å². The van der Waals surface area contributed by atoms with Crippen LogP contribution in [0.2, 0.25) is 0 Å². The summed E-state index contributed by atoms with van der Waals surface area (Å²) in [6.45, 7) is 2.55. The second-order valence-corrected chi connectivity index (χ2v) is 6.70. The third kappa shape index (κ3) is 7.63. The van der Waals surface area contributed by atoms with Gasteiger partial charge in [0, 0.05) is 25.8 Å². The van der Waals surface area contributed by atoms with Crippen LogP contribution in [0.15, 0.2) is 35.3 Å². The Morgan fingerprint density at radius 2 is 1.95 bits per heavy atom. The van der Waals surface area contributed by atoms with Crippen LogP contribution in [-0.2, 0) is 10.0 Å². The average molecular weight is 426 g/mol. The predicted molar refractivity (Wildman–Crippen MR) is 98.7 cm³/mol. The summed E-state index contributed by atoms with van der Waals surface area (Å²) in [6.07, 6.45) is 0.632. The number of guanidine groups is 1. The number of nitrogens with zero attached hydrogens (tertiary/aromatic N) is 2. The SMILES string of the molecule is CCS(=O)(=O)N(C)CCCN=C(N)Nc1ccccc1.I. The lowest BCUT2D eigenvalue weighted by Gasteiger charge is -2.14. The first-order valence-electron chi connectivity index (χ1n) is 6.51. The van der Waals surface area contributed by atoms with Crippen molar-refractivity contribution < 1.29 is 8.42 Å². The van der Waals surface area contributed by atoms with Gasteiger partial charge in [-0.2, -0.15) is 0 Å². The molecule has 0 heterocycles. The van der Waals surface area contributed by atoms with Crippen molar-refractivity contribution in [1.82, 2.24) is 4.31 Å². The lowest BCUT2D eigenvalue weighted by molar-refractivity contribution is 0.465. The molecule has 8 heteroatoms. The van der Waals surface area contributed by atoms with Crippen LogP contribution in [0, 0.1) is 0 Å². The number of benzene rings is 1. The van der Waals surface area contributed by atoms with E-state index < -0.39 is 10.0 Å². The zero-order chi connectivity index (χ0) is 15.0. The highest BCUT2D eigenvalue weighted by molar-refractivity contribution is 14.0.